The fourth-order valence-corrected chi connectivity index (χ4v) is 3.28. The zero-order chi connectivity index (χ0) is 12.5. The van der Waals surface area contributed by atoms with Crippen molar-refractivity contribution in [3.63, 3.8) is 0 Å². The number of ether oxygens (including phenoxy) is 1. The molecule has 2 N–H and O–H groups in total. The van der Waals surface area contributed by atoms with E-state index >= 15 is 0 Å². The first-order chi connectivity index (χ1) is 8.78. The van der Waals surface area contributed by atoms with Crippen molar-refractivity contribution in [2.75, 3.05) is 23.8 Å². The van der Waals surface area contributed by atoms with Gasteiger partial charge in [0.25, 0.3) is 0 Å². The fourth-order valence-electron chi connectivity index (χ4n) is 3.28. The van der Waals surface area contributed by atoms with E-state index < -0.39 is 0 Å². The lowest BCUT2D eigenvalue weighted by Crippen LogP contribution is -2.31. The molecule has 98 valence electrons. The third kappa shape index (κ3) is 2.02. The van der Waals surface area contributed by atoms with Crippen molar-refractivity contribution in [3.8, 4) is 5.75 Å². The van der Waals surface area contributed by atoms with Gasteiger partial charge in [-0.15, -0.1) is 0 Å². The number of nitrogen functional groups attached to an aromatic ring is 1. The maximum absolute atomic E-state index is 5.96. The van der Waals surface area contributed by atoms with E-state index in [2.05, 4.69) is 24.0 Å². The second kappa shape index (κ2) is 4.71. The van der Waals surface area contributed by atoms with Crippen LogP contribution in [0.25, 0.3) is 0 Å². The number of nitrogens with two attached hydrogens (primary N) is 1. The third-order valence-corrected chi connectivity index (χ3v) is 4.20. The number of hydrogen-bond acceptors (Lipinski definition) is 3. The average molecular weight is 246 g/mol. The topological polar surface area (TPSA) is 38.5 Å². The van der Waals surface area contributed by atoms with Gasteiger partial charge >= 0.3 is 0 Å². The second-order valence-corrected chi connectivity index (χ2v) is 5.56. The molecule has 1 aliphatic heterocycles. The molecule has 1 aromatic rings. The molecule has 0 spiro atoms. The van der Waals surface area contributed by atoms with Crippen LogP contribution < -0.4 is 15.4 Å². The first-order valence-corrected chi connectivity index (χ1v) is 7.07. The SMILES string of the molecule is CCCOc1cc(N2CC3CCC2C3)ccc1N. The number of anilines is 2. The van der Waals surface area contributed by atoms with E-state index in [0.717, 1.165) is 36.4 Å². The Morgan fingerprint density at radius 1 is 1.39 bits per heavy atom. The van der Waals surface area contributed by atoms with Crippen LogP contribution in [-0.2, 0) is 0 Å². The highest BCUT2D eigenvalue weighted by molar-refractivity contribution is 5.63. The molecule has 3 heteroatoms. The molecule has 2 bridgehead atoms. The summed E-state index contributed by atoms with van der Waals surface area (Å²) in [5.74, 6) is 1.75. The van der Waals surface area contributed by atoms with Crippen LogP contribution in [0, 0.1) is 5.92 Å². The Bertz CT molecular complexity index is 433. The molecular weight excluding hydrogens is 224 g/mol. The van der Waals surface area contributed by atoms with E-state index in [1.54, 1.807) is 0 Å². The molecule has 2 fully saturated rings. The van der Waals surface area contributed by atoms with Crippen LogP contribution in [-0.4, -0.2) is 19.2 Å². The minimum absolute atomic E-state index is 0.736. The van der Waals surface area contributed by atoms with E-state index in [4.69, 9.17) is 10.5 Å². The summed E-state index contributed by atoms with van der Waals surface area (Å²) in [6.07, 6.45) is 5.14. The predicted octanol–water partition coefficient (Wildman–Crippen LogP) is 3.05. The summed E-state index contributed by atoms with van der Waals surface area (Å²) >= 11 is 0. The molecule has 1 saturated heterocycles. The first kappa shape index (κ1) is 11.7. The summed E-state index contributed by atoms with van der Waals surface area (Å²) in [5, 5.41) is 0. The highest BCUT2D eigenvalue weighted by Gasteiger charge is 2.37. The molecule has 3 rings (SSSR count). The van der Waals surface area contributed by atoms with Gasteiger partial charge in [0.1, 0.15) is 5.75 Å². The Hall–Kier alpha value is -1.38. The summed E-state index contributed by atoms with van der Waals surface area (Å²) in [6.45, 7) is 4.06. The van der Waals surface area contributed by atoms with E-state index in [1.165, 1.54) is 31.5 Å². The van der Waals surface area contributed by atoms with Crippen molar-refractivity contribution in [1.82, 2.24) is 0 Å². The van der Waals surface area contributed by atoms with Crippen molar-refractivity contribution < 1.29 is 4.74 Å². The first-order valence-electron chi connectivity index (χ1n) is 7.07. The Morgan fingerprint density at radius 2 is 2.28 bits per heavy atom. The molecular formula is C15H22N2O. The number of fused-ring (bicyclic) bond motifs is 2. The summed E-state index contributed by atoms with van der Waals surface area (Å²) in [5.41, 5.74) is 7.99. The lowest BCUT2D eigenvalue weighted by molar-refractivity contribution is 0.319. The Labute approximate surface area is 109 Å². The molecule has 1 aromatic carbocycles. The normalized spacial score (nSPS) is 25.7. The van der Waals surface area contributed by atoms with Crippen LogP contribution in [0.5, 0.6) is 5.75 Å². The molecule has 1 saturated carbocycles. The smallest absolute Gasteiger partial charge is 0.144 e. The zero-order valence-corrected chi connectivity index (χ0v) is 11.1. The minimum Gasteiger partial charge on any atom is -0.491 e. The number of nitrogens with zero attached hydrogens (tertiary/aromatic N) is 1. The third-order valence-electron chi connectivity index (χ3n) is 4.20. The van der Waals surface area contributed by atoms with Crippen LogP contribution in [0.3, 0.4) is 0 Å². The molecule has 0 radical (unpaired) electrons. The highest BCUT2D eigenvalue weighted by Crippen LogP contribution is 2.41. The molecule has 1 heterocycles. The number of benzene rings is 1. The van der Waals surface area contributed by atoms with Crippen molar-refractivity contribution in [2.24, 2.45) is 5.92 Å². The number of hydrogen-bond donors (Lipinski definition) is 1. The average Bonchev–Trinajstić information content (AvgIpc) is 3.00. The van der Waals surface area contributed by atoms with Crippen LogP contribution in [0.2, 0.25) is 0 Å². The largest absolute Gasteiger partial charge is 0.491 e. The van der Waals surface area contributed by atoms with Gasteiger partial charge in [0.05, 0.1) is 12.3 Å². The Balaban J connectivity index is 1.80. The van der Waals surface area contributed by atoms with Gasteiger partial charge in [-0.3, -0.25) is 0 Å². The van der Waals surface area contributed by atoms with E-state index in [1.807, 2.05) is 6.07 Å². The molecule has 2 aliphatic rings. The van der Waals surface area contributed by atoms with E-state index in [0.29, 0.717) is 0 Å². The molecule has 2 atom stereocenters. The molecule has 1 aliphatic carbocycles. The van der Waals surface area contributed by atoms with Crippen molar-refractivity contribution >= 4 is 11.4 Å². The van der Waals surface area contributed by atoms with Crippen LogP contribution in [0.1, 0.15) is 32.6 Å². The van der Waals surface area contributed by atoms with E-state index in [9.17, 15) is 0 Å². The van der Waals surface area contributed by atoms with Crippen LogP contribution >= 0.6 is 0 Å². The zero-order valence-electron chi connectivity index (χ0n) is 11.1. The molecule has 2 unspecified atom stereocenters. The van der Waals surface area contributed by atoms with E-state index in [-0.39, 0.29) is 0 Å². The second-order valence-electron chi connectivity index (χ2n) is 5.56. The standard InChI is InChI=1S/C15H22N2O/c1-2-7-18-15-9-13(5-6-14(15)16)17-10-11-3-4-12(17)8-11/h5-6,9,11-12H,2-4,7-8,10,16H2,1H3. The van der Waals surface area contributed by atoms with Gasteiger partial charge in [0, 0.05) is 24.3 Å². The molecule has 3 nitrogen and oxygen atoms in total. The van der Waals surface area contributed by atoms with Gasteiger partial charge in [0.2, 0.25) is 0 Å². The maximum Gasteiger partial charge on any atom is 0.144 e. The monoisotopic (exact) mass is 246 g/mol. The van der Waals surface area contributed by atoms with Gasteiger partial charge in [-0.1, -0.05) is 6.92 Å². The van der Waals surface area contributed by atoms with Crippen molar-refractivity contribution in [1.29, 1.82) is 0 Å². The highest BCUT2D eigenvalue weighted by atomic mass is 16.5. The molecule has 18 heavy (non-hydrogen) atoms. The molecule has 0 amide bonds. The summed E-state index contributed by atoms with van der Waals surface area (Å²) in [4.78, 5) is 2.53. The van der Waals surface area contributed by atoms with Gasteiger partial charge in [-0.05, 0) is 43.7 Å². The van der Waals surface area contributed by atoms with Crippen LogP contribution in [0.15, 0.2) is 18.2 Å². The van der Waals surface area contributed by atoms with Crippen LogP contribution in [0.4, 0.5) is 11.4 Å². The van der Waals surface area contributed by atoms with Gasteiger partial charge < -0.3 is 15.4 Å². The predicted molar refractivity (Wildman–Crippen MR) is 75.1 cm³/mol. The van der Waals surface area contributed by atoms with Gasteiger partial charge in [-0.2, -0.15) is 0 Å². The number of piperidine rings is 1. The Kier molecular flexibility index (Phi) is 3.06. The Morgan fingerprint density at radius 3 is 2.94 bits per heavy atom. The minimum atomic E-state index is 0.736. The summed E-state index contributed by atoms with van der Waals surface area (Å²) in [6, 6.07) is 6.98. The summed E-state index contributed by atoms with van der Waals surface area (Å²) in [7, 11) is 0. The fraction of sp³-hybridized carbons (Fsp3) is 0.600. The van der Waals surface area contributed by atoms with Gasteiger partial charge in [-0.25, -0.2) is 0 Å². The number of rotatable bonds is 4. The van der Waals surface area contributed by atoms with Crippen molar-refractivity contribution in [3.05, 3.63) is 18.2 Å². The lowest BCUT2D eigenvalue weighted by Gasteiger charge is -2.29. The van der Waals surface area contributed by atoms with Gasteiger partial charge in [0.15, 0.2) is 0 Å². The maximum atomic E-state index is 5.96. The quantitative estimate of drug-likeness (QED) is 0.830. The summed E-state index contributed by atoms with van der Waals surface area (Å²) < 4.78 is 5.71. The lowest BCUT2D eigenvalue weighted by atomic mass is 10.1. The molecule has 0 aromatic heterocycles. The van der Waals surface area contributed by atoms with Crippen molar-refractivity contribution in [2.45, 2.75) is 38.6 Å².